The molecule has 1 amide bonds. The molecule has 0 bridgehead atoms. The molecule has 3 unspecified atom stereocenters. The molecule has 6 nitrogen and oxygen atoms in total. The van der Waals surface area contributed by atoms with Gasteiger partial charge in [0.15, 0.2) is 0 Å². The first-order chi connectivity index (χ1) is 12.5. The normalized spacial score (nSPS) is 27.4. The second-order valence-corrected chi connectivity index (χ2v) is 7.47. The second-order valence-electron chi connectivity index (χ2n) is 7.07. The fourth-order valence-corrected chi connectivity index (χ4v) is 3.76. The molecule has 26 heavy (non-hydrogen) atoms. The third-order valence-corrected chi connectivity index (χ3v) is 5.40. The maximum absolute atomic E-state index is 11.4. The Morgan fingerprint density at radius 3 is 2.73 bits per heavy atom. The van der Waals surface area contributed by atoms with Gasteiger partial charge in [0.25, 0.3) is 0 Å². The first kappa shape index (κ1) is 19.4. The van der Waals surface area contributed by atoms with Crippen molar-refractivity contribution in [2.24, 2.45) is 0 Å². The van der Waals surface area contributed by atoms with Crippen molar-refractivity contribution < 1.29 is 24.5 Å². The smallest absolute Gasteiger partial charge is 0.219 e. The molecular formula is C19H26ClNO5. The highest BCUT2D eigenvalue weighted by molar-refractivity contribution is 6.32. The van der Waals surface area contributed by atoms with Crippen molar-refractivity contribution in [3.63, 3.8) is 0 Å². The average molecular weight is 384 g/mol. The Balaban J connectivity index is 1.67. The van der Waals surface area contributed by atoms with Gasteiger partial charge in [0.1, 0.15) is 11.9 Å². The number of carbonyl (C=O) groups is 1. The number of piperidine rings is 1. The molecule has 1 aromatic carbocycles. The van der Waals surface area contributed by atoms with Crippen LogP contribution in [0.3, 0.4) is 0 Å². The summed E-state index contributed by atoms with van der Waals surface area (Å²) in [5, 5.41) is 19.9. The Morgan fingerprint density at radius 2 is 2.08 bits per heavy atom. The van der Waals surface area contributed by atoms with E-state index in [9.17, 15) is 15.0 Å². The van der Waals surface area contributed by atoms with Crippen LogP contribution in [0.25, 0.3) is 0 Å². The fourth-order valence-electron chi connectivity index (χ4n) is 3.60. The van der Waals surface area contributed by atoms with Crippen molar-refractivity contribution in [1.82, 2.24) is 4.90 Å². The van der Waals surface area contributed by atoms with E-state index in [1.807, 2.05) is 17.0 Å². The summed E-state index contributed by atoms with van der Waals surface area (Å²) in [7, 11) is 0. The second kappa shape index (κ2) is 8.57. The van der Waals surface area contributed by atoms with Gasteiger partial charge in [-0.05, 0) is 17.7 Å². The Bertz CT molecular complexity index is 632. The first-order valence-electron chi connectivity index (χ1n) is 9.12. The molecule has 0 aliphatic carbocycles. The molecule has 2 saturated heterocycles. The van der Waals surface area contributed by atoms with Gasteiger partial charge in [-0.3, -0.25) is 4.79 Å². The number of rotatable bonds is 4. The van der Waals surface area contributed by atoms with Gasteiger partial charge in [-0.1, -0.05) is 17.7 Å². The molecule has 7 heteroatoms. The van der Waals surface area contributed by atoms with Crippen LogP contribution >= 0.6 is 11.6 Å². The third-order valence-electron chi connectivity index (χ3n) is 5.09. The Kier molecular flexibility index (Phi) is 6.40. The highest BCUT2D eigenvalue weighted by Gasteiger charge is 2.30. The molecule has 3 atom stereocenters. The molecule has 3 rings (SSSR count). The highest BCUT2D eigenvalue weighted by atomic mass is 35.5. The number of ether oxygens (including phenoxy) is 2. The number of likely N-dealkylation sites (tertiary alicyclic amines) is 1. The van der Waals surface area contributed by atoms with Crippen LogP contribution in [0.2, 0.25) is 5.02 Å². The highest BCUT2D eigenvalue weighted by Crippen LogP contribution is 2.36. The van der Waals surface area contributed by atoms with Gasteiger partial charge in [0.05, 0.1) is 29.9 Å². The van der Waals surface area contributed by atoms with Crippen molar-refractivity contribution in [1.29, 1.82) is 0 Å². The van der Waals surface area contributed by atoms with E-state index in [0.29, 0.717) is 36.7 Å². The van der Waals surface area contributed by atoms with E-state index >= 15 is 0 Å². The van der Waals surface area contributed by atoms with E-state index in [1.54, 1.807) is 13.0 Å². The van der Waals surface area contributed by atoms with Crippen LogP contribution in [0.5, 0.6) is 5.75 Å². The summed E-state index contributed by atoms with van der Waals surface area (Å²) in [5.41, 5.74) is 0.878. The maximum atomic E-state index is 11.4. The van der Waals surface area contributed by atoms with Crippen molar-refractivity contribution in [2.45, 2.75) is 57.0 Å². The van der Waals surface area contributed by atoms with Crippen molar-refractivity contribution >= 4 is 17.5 Å². The summed E-state index contributed by atoms with van der Waals surface area (Å²) in [6, 6.07) is 5.50. The summed E-state index contributed by atoms with van der Waals surface area (Å²) < 4.78 is 12.0. The Hall–Kier alpha value is -1.34. The summed E-state index contributed by atoms with van der Waals surface area (Å²) in [6.45, 7) is 2.85. The van der Waals surface area contributed by atoms with E-state index in [4.69, 9.17) is 21.1 Å². The minimum Gasteiger partial charge on any atom is -0.489 e. The Labute approximate surface area is 158 Å². The quantitative estimate of drug-likeness (QED) is 0.834. The topological polar surface area (TPSA) is 79.2 Å². The van der Waals surface area contributed by atoms with Gasteiger partial charge < -0.3 is 24.6 Å². The van der Waals surface area contributed by atoms with Gasteiger partial charge in [0, 0.05) is 45.7 Å². The van der Waals surface area contributed by atoms with E-state index in [2.05, 4.69) is 0 Å². The zero-order valence-corrected chi connectivity index (χ0v) is 15.7. The average Bonchev–Trinajstić information content (AvgIpc) is 2.63. The van der Waals surface area contributed by atoms with E-state index in [0.717, 1.165) is 18.4 Å². The summed E-state index contributed by atoms with van der Waals surface area (Å²) in [6.07, 6.45) is 1.32. The molecule has 0 saturated carbocycles. The molecule has 2 N–H and O–H groups in total. The molecule has 2 fully saturated rings. The number of carbonyl (C=O) groups excluding carboxylic acids is 1. The van der Waals surface area contributed by atoms with E-state index in [1.165, 1.54) is 0 Å². The number of aliphatic hydroxyl groups is 2. The molecule has 2 heterocycles. The number of hydrogen-bond donors (Lipinski definition) is 2. The van der Waals surface area contributed by atoms with Gasteiger partial charge in [0.2, 0.25) is 5.91 Å². The lowest BCUT2D eigenvalue weighted by Crippen LogP contribution is -2.40. The fraction of sp³-hybridized carbons (Fsp3) is 0.632. The predicted molar refractivity (Wildman–Crippen MR) is 97.3 cm³/mol. The third kappa shape index (κ3) is 4.68. The summed E-state index contributed by atoms with van der Waals surface area (Å²) in [4.78, 5) is 13.3. The number of benzene rings is 1. The maximum Gasteiger partial charge on any atom is 0.219 e. The lowest BCUT2D eigenvalue weighted by Gasteiger charge is -2.33. The van der Waals surface area contributed by atoms with Crippen LogP contribution in [0, 0.1) is 0 Å². The molecular weight excluding hydrogens is 358 g/mol. The van der Waals surface area contributed by atoms with Gasteiger partial charge in [-0.2, -0.15) is 0 Å². The van der Waals surface area contributed by atoms with Crippen molar-refractivity contribution in [3.05, 3.63) is 28.8 Å². The van der Waals surface area contributed by atoms with E-state index < -0.39 is 6.10 Å². The number of halogens is 1. The molecule has 0 aromatic heterocycles. The van der Waals surface area contributed by atoms with Crippen LogP contribution in [-0.4, -0.2) is 59.0 Å². The number of aliphatic hydroxyl groups excluding tert-OH is 2. The van der Waals surface area contributed by atoms with Crippen molar-refractivity contribution in [3.8, 4) is 5.75 Å². The lowest BCUT2D eigenvalue weighted by atomic mass is 9.96. The number of amides is 1. The van der Waals surface area contributed by atoms with Gasteiger partial charge in [-0.25, -0.2) is 0 Å². The Morgan fingerprint density at radius 1 is 1.35 bits per heavy atom. The molecule has 0 spiro atoms. The van der Waals surface area contributed by atoms with Crippen molar-refractivity contribution in [2.75, 3.05) is 19.7 Å². The molecule has 2 aliphatic rings. The largest absolute Gasteiger partial charge is 0.489 e. The van der Waals surface area contributed by atoms with Crippen LogP contribution in [0.4, 0.5) is 0 Å². The zero-order valence-electron chi connectivity index (χ0n) is 14.9. The number of nitrogens with zero attached hydrogens (tertiary/aromatic N) is 1. The predicted octanol–water partition coefficient (Wildman–Crippen LogP) is 2.30. The SMILES string of the molecule is CC(=O)N1CCC(Oc2cc(C3CC(O)CC(CO)O3)ccc2Cl)CC1. The monoisotopic (exact) mass is 383 g/mol. The van der Waals surface area contributed by atoms with Gasteiger partial charge >= 0.3 is 0 Å². The van der Waals surface area contributed by atoms with E-state index in [-0.39, 0.29) is 30.8 Å². The standard InChI is InChI=1S/C19H26ClNO5/c1-12(23)21-6-4-15(5-7-21)25-19-8-13(2-3-17(19)20)18-10-14(24)9-16(11-22)26-18/h2-3,8,14-16,18,22,24H,4-7,9-11H2,1H3. The van der Waals surface area contributed by atoms with Gasteiger partial charge in [-0.15, -0.1) is 0 Å². The molecule has 0 radical (unpaired) electrons. The first-order valence-corrected chi connectivity index (χ1v) is 9.50. The summed E-state index contributed by atoms with van der Waals surface area (Å²) >= 11 is 6.30. The molecule has 2 aliphatic heterocycles. The zero-order chi connectivity index (χ0) is 18.7. The minimum atomic E-state index is -0.498. The molecule has 1 aromatic rings. The lowest BCUT2D eigenvalue weighted by molar-refractivity contribution is -0.130. The minimum absolute atomic E-state index is 0.0152. The van der Waals surface area contributed by atoms with Crippen LogP contribution in [0.1, 0.15) is 44.3 Å². The molecule has 144 valence electrons. The number of hydrogen-bond acceptors (Lipinski definition) is 5. The van der Waals surface area contributed by atoms with Crippen LogP contribution in [-0.2, 0) is 9.53 Å². The summed E-state index contributed by atoms with van der Waals surface area (Å²) in [5.74, 6) is 0.685. The van der Waals surface area contributed by atoms with Crippen LogP contribution in [0.15, 0.2) is 18.2 Å². The van der Waals surface area contributed by atoms with Crippen LogP contribution < -0.4 is 4.74 Å².